The first-order chi connectivity index (χ1) is 12.1. The van der Waals surface area contributed by atoms with E-state index in [4.69, 9.17) is 16.3 Å². The molecule has 3 atom stereocenters. The molecule has 0 aromatic heterocycles. The van der Waals surface area contributed by atoms with Gasteiger partial charge in [0.25, 0.3) is 0 Å². The maximum atomic E-state index is 13.1. The van der Waals surface area contributed by atoms with Crippen molar-refractivity contribution in [2.24, 2.45) is 5.92 Å². The Balaban J connectivity index is 1.48. The van der Waals surface area contributed by atoms with Crippen LogP contribution >= 0.6 is 11.6 Å². The number of hydrogen-bond acceptors (Lipinski definition) is 3. The SMILES string of the molecule is O=C1CC(C(=O)N2CCOC3CCCCC32)CN1c1cccc(Cl)c1. The van der Waals surface area contributed by atoms with Crippen molar-refractivity contribution in [1.29, 1.82) is 0 Å². The van der Waals surface area contributed by atoms with Gasteiger partial charge in [-0.1, -0.05) is 30.5 Å². The van der Waals surface area contributed by atoms with Crippen molar-refractivity contribution in [3.05, 3.63) is 29.3 Å². The van der Waals surface area contributed by atoms with Crippen LogP contribution in [0, 0.1) is 5.92 Å². The Bertz CT molecular complexity index is 678. The van der Waals surface area contributed by atoms with E-state index in [2.05, 4.69) is 0 Å². The molecule has 1 saturated carbocycles. The van der Waals surface area contributed by atoms with E-state index in [0.717, 1.165) is 24.9 Å². The zero-order chi connectivity index (χ0) is 17.4. The summed E-state index contributed by atoms with van der Waals surface area (Å²) in [6.07, 6.45) is 4.81. The molecule has 2 saturated heterocycles. The van der Waals surface area contributed by atoms with Gasteiger partial charge in [-0.25, -0.2) is 0 Å². The van der Waals surface area contributed by atoms with Crippen molar-refractivity contribution < 1.29 is 14.3 Å². The number of carbonyl (C=O) groups excluding carboxylic acids is 2. The summed E-state index contributed by atoms with van der Waals surface area (Å²) in [6, 6.07) is 7.44. The van der Waals surface area contributed by atoms with Gasteiger partial charge in [0.05, 0.1) is 24.7 Å². The number of hydrogen-bond donors (Lipinski definition) is 0. The Hall–Kier alpha value is -1.59. The first-order valence-electron chi connectivity index (χ1n) is 9.11. The van der Waals surface area contributed by atoms with E-state index in [0.29, 0.717) is 24.7 Å². The van der Waals surface area contributed by atoms with Crippen LogP contribution in [-0.2, 0) is 14.3 Å². The topological polar surface area (TPSA) is 49.9 Å². The molecule has 0 N–H and O–H groups in total. The van der Waals surface area contributed by atoms with Crippen LogP contribution in [0.25, 0.3) is 0 Å². The van der Waals surface area contributed by atoms with Crippen LogP contribution in [0.5, 0.6) is 0 Å². The number of morpholine rings is 1. The summed E-state index contributed by atoms with van der Waals surface area (Å²) in [7, 11) is 0. The van der Waals surface area contributed by atoms with E-state index < -0.39 is 0 Å². The average Bonchev–Trinajstić information content (AvgIpc) is 3.02. The normalized spacial score (nSPS) is 29.6. The number of halogens is 1. The Morgan fingerprint density at radius 2 is 2.08 bits per heavy atom. The van der Waals surface area contributed by atoms with Gasteiger partial charge in [0.2, 0.25) is 11.8 Å². The lowest BCUT2D eigenvalue weighted by Crippen LogP contribution is -2.56. The molecular weight excluding hydrogens is 340 g/mol. The predicted molar refractivity (Wildman–Crippen MR) is 95.6 cm³/mol. The van der Waals surface area contributed by atoms with Crippen LogP contribution in [0.4, 0.5) is 5.69 Å². The number of ether oxygens (including phenoxy) is 1. The molecule has 3 fully saturated rings. The highest BCUT2D eigenvalue weighted by molar-refractivity contribution is 6.31. The molecule has 134 valence electrons. The second-order valence-corrected chi connectivity index (χ2v) is 7.61. The van der Waals surface area contributed by atoms with E-state index in [1.807, 2.05) is 17.0 Å². The minimum absolute atomic E-state index is 0.00549. The number of amides is 2. The van der Waals surface area contributed by atoms with E-state index in [1.54, 1.807) is 17.0 Å². The van der Waals surface area contributed by atoms with Gasteiger partial charge in [-0.2, -0.15) is 0 Å². The Morgan fingerprint density at radius 3 is 2.92 bits per heavy atom. The summed E-state index contributed by atoms with van der Waals surface area (Å²) >= 11 is 6.04. The molecule has 2 amide bonds. The van der Waals surface area contributed by atoms with Gasteiger partial charge >= 0.3 is 0 Å². The Labute approximate surface area is 152 Å². The van der Waals surface area contributed by atoms with Crippen molar-refractivity contribution in [1.82, 2.24) is 4.90 Å². The van der Waals surface area contributed by atoms with Crippen LogP contribution in [0.3, 0.4) is 0 Å². The number of carbonyl (C=O) groups is 2. The summed E-state index contributed by atoms with van der Waals surface area (Å²) in [5, 5.41) is 0.596. The van der Waals surface area contributed by atoms with Crippen LogP contribution in [0.15, 0.2) is 24.3 Å². The molecule has 25 heavy (non-hydrogen) atoms. The zero-order valence-corrected chi connectivity index (χ0v) is 15.0. The van der Waals surface area contributed by atoms with Crippen LogP contribution in [0.1, 0.15) is 32.1 Å². The largest absolute Gasteiger partial charge is 0.374 e. The third-order valence-corrected chi connectivity index (χ3v) is 5.84. The quantitative estimate of drug-likeness (QED) is 0.812. The monoisotopic (exact) mass is 362 g/mol. The van der Waals surface area contributed by atoms with Crippen molar-refractivity contribution in [2.45, 2.75) is 44.2 Å². The van der Waals surface area contributed by atoms with E-state index in [-0.39, 0.29) is 36.3 Å². The second-order valence-electron chi connectivity index (χ2n) is 7.18. The second kappa shape index (κ2) is 6.96. The fourth-order valence-electron chi connectivity index (χ4n) is 4.37. The summed E-state index contributed by atoms with van der Waals surface area (Å²) in [6.45, 7) is 1.68. The lowest BCUT2D eigenvalue weighted by Gasteiger charge is -2.44. The molecule has 4 rings (SSSR count). The summed E-state index contributed by atoms with van der Waals surface area (Å²) in [5.74, 6) is -0.167. The van der Waals surface area contributed by atoms with Crippen molar-refractivity contribution in [3.63, 3.8) is 0 Å². The number of anilines is 1. The molecule has 5 nitrogen and oxygen atoms in total. The zero-order valence-electron chi connectivity index (χ0n) is 14.2. The summed E-state index contributed by atoms with van der Waals surface area (Å²) in [4.78, 5) is 29.2. The van der Waals surface area contributed by atoms with Gasteiger partial charge in [-0.15, -0.1) is 0 Å². The fourth-order valence-corrected chi connectivity index (χ4v) is 4.56. The van der Waals surface area contributed by atoms with Crippen molar-refractivity contribution in [2.75, 3.05) is 24.6 Å². The molecule has 1 aromatic carbocycles. The lowest BCUT2D eigenvalue weighted by molar-refractivity contribution is -0.153. The minimum atomic E-state index is -0.271. The first-order valence-corrected chi connectivity index (χ1v) is 9.49. The number of rotatable bonds is 2. The highest BCUT2D eigenvalue weighted by atomic mass is 35.5. The number of benzene rings is 1. The smallest absolute Gasteiger partial charge is 0.228 e. The summed E-state index contributed by atoms with van der Waals surface area (Å²) in [5.41, 5.74) is 0.769. The molecule has 0 spiro atoms. The van der Waals surface area contributed by atoms with Gasteiger partial charge in [-0.3, -0.25) is 9.59 Å². The number of nitrogens with zero attached hydrogens (tertiary/aromatic N) is 2. The average molecular weight is 363 g/mol. The molecule has 3 unspecified atom stereocenters. The maximum Gasteiger partial charge on any atom is 0.228 e. The van der Waals surface area contributed by atoms with Crippen LogP contribution < -0.4 is 4.90 Å². The van der Waals surface area contributed by atoms with E-state index >= 15 is 0 Å². The van der Waals surface area contributed by atoms with Crippen molar-refractivity contribution in [3.8, 4) is 0 Å². The van der Waals surface area contributed by atoms with Crippen LogP contribution in [0.2, 0.25) is 5.02 Å². The first kappa shape index (κ1) is 16.9. The molecule has 2 heterocycles. The van der Waals surface area contributed by atoms with E-state index in [9.17, 15) is 9.59 Å². The molecular formula is C19H23ClN2O3. The Morgan fingerprint density at radius 1 is 1.24 bits per heavy atom. The molecule has 0 bridgehead atoms. The maximum absolute atomic E-state index is 13.1. The highest BCUT2D eigenvalue weighted by Gasteiger charge is 2.42. The van der Waals surface area contributed by atoms with Gasteiger partial charge in [-0.05, 0) is 31.0 Å². The van der Waals surface area contributed by atoms with Gasteiger partial charge in [0.1, 0.15) is 0 Å². The predicted octanol–water partition coefficient (Wildman–Crippen LogP) is 2.86. The molecule has 0 radical (unpaired) electrons. The van der Waals surface area contributed by atoms with Gasteiger partial charge < -0.3 is 14.5 Å². The summed E-state index contributed by atoms with van der Waals surface area (Å²) < 4.78 is 5.86. The third-order valence-electron chi connectivity index (χ3n) is 5.61. The molecule has 6 heteroatoms. The lowest BCUT2D eigenvalue weighted by atomic mass is 9.89. The molecule has 1 aromatic rings. The molecule has 1 aliphatic carbocycles. The molecule has 3 aliphatic rings. The highest BCUT2D eigenvalue weighted by Crippen LogP contribution is 2.32. The third kappa shape index (κ3) is 3.27. The minimum Gasteiger partial charge on any atom is -0.374 e. The number of fused-ring (bicyclic) bond motifs is 1. The van der Waals surface area contributed by atoms with Crippen molar-refractivity contribution >= 4 is 29.1 Å². The fraction of sp³-hybridized carbons (Fsp3) is 0.579. The van der Waals surface area contributed by atoms with Crippen LogP contribution in [-0.4, -0.2) is 48.6 Å². The Kier molecular flexibility index (Phi) is 4.69. The molecule has 2 aliphatic heterocycles. The van der Waals surface area contributed by atoms with Gasteiger partial charge in [0, 0.05) is 30.2 Å². The standard InChI is InChI=1S/C19H23ClN2O3/c20-14-4-3-5-15(11-14)22-12-13(10-18(22)23)19(24)21-8-9-25-17-7-2-1-6-16(17)21/h3-5,11,13,16-17H,1-2,6-10,12H2. The van der Waals surface area contributed by atoms with Gasteiger partial charge in [0.15, 0.2) is 0 Å². The van der Waals surface area contributed by atoms with E-state index in [1.165, 1.54) is 6.42 Å².